The number of carbonyl (C=O) groups is 1. The largest absolute Gasteiger partial charge is 0.332 e. The molecule has 5 heteroatoms. The van der Waals surface area contributed by atoms with E-state index in [1.54, 1.807) is 12.3 Å². The van der Waals surface area contributed by atoms with Crippen LogP contribution in [0.2, 0.25) is 0 Å². The lowest BCUT2D eigenvalue weighted by Gasteiger charge is -2.40. The van der Waals surface area contributed by atoms with Crippen LogP contribution < -0.4 is 0 Å². The topological polar surface area (TPSA) is 49.3 Å². The van der Waals surface area contributed by atoms with E-state index < -0.39 is 0 Å². The fraction of sp³-hybridized carbons (Fsp3) is 0.722. The molecule has 0 aromatic carbocycles. The highest BCUT2D eigenvalue weighted by Gasteiger charge is 2.30. The number of aromatic nitrogens is 2. The van der Waals surface area contributed by atoms with Gasteiger partial charge in [0.05, 0.1) is 0 Å². The number of carbonyl (C=O) groups excluding carboxylic acids is 1. The SMILES string of the molecule is CCC1CN(CC)CCN1C(=O)c1ccnc(C2CCCC2)n1. The Hall–Kier alpha value is -1.49. The van der Waals surface area contributed by atoms with E-state index in [9.17, 15) is 4.79 Å². The average molecular weight is 316 g/mol. The van der Waals surface area contributed by atoms with Crippen molar-refractivity contribution in [2.45, 2.75) is 57.9 Å². The van der Waals surface area contributed by atoms with E-state index in [4.69, 9.17) is 0 Å². The highest BCUT2D eigenvalue weighted by molar-refractivity contribution is 5.92. The molecule has 3 rings (SSSR count). The smallest absolute Gasteiger partial charge is 0.272 e. The molecule has 5 nitrogen and oxygen atoms in total. The molecule has 1 atom stereocenters. The minimum atomic E-state index is 0.0780. The Morgan fingerprint density at radius 3 is 2.74 bits per heavy atom. The fourth-order valence-corrected chi connectivity index (χ4v) is 3.84. The molecular weight excluding hydrogens is 288 g/mol. The molecule has 1 aliphatic carbocycles. The molecule has 1 aliphatic heterocycles. The van der Waals surface area contributed by atoms with Crippen LogP contribution in [0.25, 0.3) is 0 Å². The summed E-state index contributed by atoms with van der Waals surface area (Å²) in [4.78, 5) is 26.4. The van der Waals surface area contributed by atoms with E-state index in [-0.39, 0.29) is 5.91 Å². The second-order valence-electron chi connectivity index (χ2n) is 6.74. The molecule has 23 heavy (non-hydrogen) atoms. The van der Waals surface area contributed by atoms with Crippen molar-refractivity contribution in [3.8, 4) is 0 Å². The minimum Gasteiger partial charge on any atom is -0.332 e. The zero-order valence-corrected chi connectivity index (χ0v) is 14.4. The number of nitrogens with zero attached hydrogens (tertiary/aromatic N) is 4. The molecule has 0 bridgehead atoms. The van der Waals surface area contributed by atoms with Crippen LogP contribution in [0.3, 0.4) is 0 Å². The van der Waals surface area contributed by atoms with Crippen molar-refractivity contribution in [3.63, 3.8) is 0 Å². The molecule has 0 spiro atoms. The van der Waals surface area contributed by atoms with E-state index in [1.807, 2.05) is 4.90 Å². The molecule has 1 aromatic heterocycles. The normalized spacial score (nSPS) is 23.4. The molecule has 1 aromatic rings. The van der Waals surface area contributed by atoms with E-state index >= 15 is 0 Å². The number of piperazine rings is 1. The van der Waals surface area contributed by atoms with Crippen molar-refractivity contribution in [2.24, 2.45) is 0 Å². The summed E-state index contributed by atoms with van der Waals surface area (Å²) in [7, 11) is 0. The number of amides is 1. The van der Waals surface area contributed by atoms with Gasteiger partial charge < -0.3 is 4.90 Å². The van der Waals surface area contributed by atoms with Crippen molar-refractivity contribution in [1.29, 1.82) is 0 Å². The van der Waals surface area contributed by atoms with Gasteiger partial charge in [0.25, 0.3) is 5.91 Å². The van der Waals surface area contributed by atoms with Gasteiger partial charge in [-0.05, 0) is 31.9 Å². The van der Waals surface area contributed by atoms with Gasteiger partial charge in [0.1, 0.15) is 11.5 Å². The molecule has 0 N–H and O–H groups in total. The van der Waals surface area contributed by atoms with E-state index in [1.165, 1.54) is 12.8 Å². The standard InChI is InChI=1S/C18H28N4O/c1-3-15-13-21(4-2)11-12-22(15)18(23)16-9-10-19-17(20-16)14-7-5-6-8-14/h9-10,14-15H,3-8,11-13H2,1-2H3. The Labute approximate surface area is 139 Å². The fourth-order valence-electron chi connectivity index (χ4n) is 3.84. The second-order valence-corrected chi connectivity index (χ2v) is 6.74. The maximum absolute atomic E-state index is 12.9. The first-order valence-electron chi connectivity index (χ1n) is 9.09. The third kappa shape index (κ3) is 3.55. The first-order chi connectivity index (χ1) is 11.2. The Morgan fingerprint density at radius 2 is 2.04 bits per heavy atom. The molecule has 1 unspecified atom stereocenters. The van der Waals surface area contributed by atoms with E-state index in [0.29, 0.717) is 17.7 Å². The van der Waals surface area contributed by atoms with Crippen LogP contribution in [0.15, 0.2) is 12.3 Å². The molecule has 0 radical (unpaired) electrons. The van der Waals surface area contributed by atoms with Crippen LogP contribution in [-0.4, -0.2) is 57.9 Å². The van der Waals surface area contributed by atoms with E-state index in [2.05, 4.69) is 28.7 Å². The summed E-state index contributed by atoms with van der Waals surface area (Å²) in [6.07, 6.45) is 7.57. The Bertz CT molecular complexity index is 542. The first-order valence-corrected chi connectivity index (χ1v) is 9.09. The average Bonchev–Trinajstić information content (AvgIpc) is 3.15. The first kappa shape index (κ1) is 16.4. The molecule has 126 valence electrons. The van der Waals surface area contributed by atoms with Crippen LogP contribution in [0.5, 0.6) is 0 Å². The zero-order valence-electron chi connectivity index (χ0n) is 14.4. The monoisotopic (exact) mass is 316 g/mol. The van der Waals surface area contributed by atoms with Crippen molar-refractivity contribution in [3.05, 3.63) is 23.8 Å². The zero-order chi connectivity index (χ0) is 16.2. The van der Waals surface area contributed by atoms with Crippen molar-refractivity contribution >= 4 is 5.91 Å². The van der Waals surface area contributed by atoms with Crippen LogP contribution >= 0.6 is 0 Å². The molecule has 1 saturated heterocycles. The highest BCUT2D eigenvalue weighted by Crippen LogP contribution is 2.32. The van der Waals surface area contributed by atoms with Gasteiger partial charge in [0, 0.05) is 37.8 Å². The summed E-state index contributed by atoms with van der Waals surface area (Å²) in [5, 5.41) is 0. The van der Waals surface area contributed by atoms with Gasteiger partial charge in [-0.25, -0.2) is 9.97 Å². The van der Waals surface area contributed by atoms with Crippen LogP contribution in [-0.2, 0) is 0 Å². The third-order valence-corrected chi connectivity index (χ3v) is 5.36. The molecule has 2 fully saturated rings. The third-order valence-electron chi connectivity index (χ3n) is 5.36. The summed E-state index contributed by atoms with van der Waals surface area (Å²) < 4.78 is 0. The van der Waals surface area contributed by atoms with Gasteiger partial charge in [-0.15, -0.1) is 0 Å². The van der Waals surface area contributed by atoms with Crippen molar-refractivity contribution in [2.75, 3.05) is 26.2 Å². The van der Waals surface area contributed by atoms with Crippen LogP contribution in [0.4, 0.5) is 0 Å². The van der Waals surface area contributed by atoms with Gasteiger partial charge >= 0.3 is 0 Å². The lowest BCUT2D eigenvalue weighted by Crippen LogP contribution is -2.54. The summed E-state index contributed by atoms with van der Waals surface area (Å²) >= 11 is 0. The molecule has 1 saturated carbocycles. The second kappa shape index (κ2) is 7.39. The summed E-state index contributed by atoms with van der Waals surface area (Å²) in [6, 6.07) is 2.07. The van der Waals surface area contributed by atoms with Gasteiger partial charge in [-0.2, -0.15) is 0 Å². The summed E-state index contributed by atoms with van der Waals surface area (Å²) in [6.45, 7) is 8.13. The Kier molecular flexibility index (Phi) is 5.26. The van der Waals surface area contributed by atoms with Gasteiger partial charge in [-0.1, -0.05) is 26.7 Å². The van der Waals surface area contributed by atoms with E-state index in [0.717, 1.165) is 51.3 Å². The minimum absolute atomic E-state index is 0.0780. The molecule has 2 aliphatic rings. The van der Waals surface area contributed by atoms with Gasteiger partial charge in [-0.3, -0.25) is 9.69 Å². The quantitative estimate of drug-likeness (QED) is 0.857. The van der Waals surface area contributed by atoms with Crippen molar-refractivity contribution < 1.29 is 4.79 Å². The number of hydrogen-bond donors (Lipinski definition) is 0. The predicted molar refractivity (Wildman–Crippen MR) is 90.5 cm³/mol. The summed E-state index contributed by atoms with van der Waals surface area (Å²) in [5.74, 6) is 1.39. The maximum Gasteiger partial charge on any atom is 0.272 e. The predicted octanol–water partition coefficient (Wildman–Crippen LogP) is 2.69. The number of hydrogen-bond acceptors (Lipinski definition) is 4. The Morgan fingerprint density at radius 1 is 1.26 bits per heavy atom. The maximum atomic E-state index is 12.9. The number of rotatable bonds is 4. The highest BCUT2D eigenvalue weighted by atomic mass is 16.2. The molecule has 2 heterocycles. The van der Waals surface area contributed by atoms with Crippen LogP contribution in [0, 0.1) is 0 Å². The van der Waals surface area contributed by atoms with Crippen molar-refractivity contribution in [1.82, 2.24) is 19.8 Å². The van der Waals surface area contributed by atoms with Crippen LogP contribution in [0.1, 0.15) is 68.2 Å². The number of likely N-dealkylation sites (N-methyl/N-ethyl adjacent to an activating group) is 1. The summed E-state index contributed by atoms with van der Waals surface area (Å²) in [5.41, 5.74) is 0.574. The van der Waals surface area contributed by atoms with Gasteiger partial charge in [0.2, 0.25) is 0 Å². The lowest BCUT2D eigenvalue weighted by molar-refractivity contribution is 0.0450. The van der Waals surface area contributed by atoms with Gasteiger partial charge in [0.15, 0.2) is 0 Å². The lowest BCUT2D eigenvalue weighted by atomic mass is 10.1. The Balaban J connectivity index is 1.75. The molecular formula is C18H28N4O. The molecule has 1 amide bonds.